The second-order valence-corrected chi connectivity index (χ2v) is 9.02. The van der Waals surface area contributed by atoms with Crippen LogP contribution in [0.25, 0.3) is 5.65 Å². The zero-order valence-corrected chi connectivity index (χ0v) is 17.3. The SMILES string of the molecule is Cl.NC1CCC(Nc2c3c(nc4c(Cl)cnn24)C2(CCCCC2)CC3)CC1. The number of nitrogens with two attached hydrogens (primary N) is 1. The van der Waals surface area contributed by atoms with Gasteiger partial charge in [0.1, 0.15) is 10.8 Å². The Balaban J connectivity index is 0.00000180. The van der Waals surface area contributed by atoms with E-state index >= 15 is 0 Å². The molecule has 2 aromatic heterocycles. The molecule has 5 rings (SSSR count). The third kappa shape index (κ3) is 3.22. The van der Waals surface area contributed by atoms with Crippen molar-refractivity contribution < 1.29 is 0 Å². The highest BCUT2D eigenvalue weighted by Crippen LogP contribution is 2.50. The zero-order valence-electron chi connectivity index (χ0n) is 15.7. The van der Waals surface area contributed by atoms with Crippen LogP contribution in [0.1, 0.15) is 75.5 Å². The lowest BCUT2D eigenvalue weighted by Crippen LogP contribution is -2.34. The molecule has 2 aromatic rings. The first-order valence-corrected chi connectivity index (χ1v) is 10.6. The van der Waals surface area contributed by atoms with E-state index in [2.05, 4.69) is 10.4 Å². The summed E-state index contributed by atoms with van der Waals surface area (Å²) in [5, 5.41) is 9.02. The van der Waals surface area contributed by atoms with Gasteiger partial charge in [0.15, 0.2) is 5.65 Å². The average Bonchev–Trinajstić information content (AvgIpc) is 3.20. The summed E-state index contributed by atoms with van der Waals surface area (Å²) in [6.07, 6.45) is 15.0. The average molecular weight is 410 g/mol. The van der Waals surface area contributed by atoms with Crippen LogP contribution in [0.4, 0.5) is 5.82 Å². The molecule has 0 atom stereocenters. The molecule has 3 aliphatic rings. The molecule has 3 N–H and O–H groups in total. The fourth-order valence-corrected chi connectivity index (χ4v) is 5.64. The van der Waals surface area contributed by atoms with Crippen molar-refractivity contribution in [3.63, 3.8) is 0 Å². The maximum absolute atomic E-state index is 6.45. The summed E-state index contributed by atoms with van der Waals surface area (Å²) in [5.74, 6) is 1.14. The summed E-state index contributed by atoms with van der Waals surface area (Å²) in [4.78, 5) is 5.07. The highest BCUT2D eigenvalue weighted by Gasteiger charge is 2.43. The number of anilines is 1. The molecular weight excluding hydrogens is 381 g/mol. The van der Waals surface area contributed by atoms with E-state index in [0.29, 0.717) is 17.1 Å². The van der Waals surface area contributed by atoms with Crippen LogP contribution in [0.2, 0.25) is 5.02 Å². The molecule has 2 fully saturated rings. The fraction of sp³-hybridized carbons (Fsp3) is 0.700. The molecule has 0 saturated heterocycles. The molecular formula is C20H29Cl2N5. The van der Waals surface area contributed by atoms with E-state index in [0.717, 1.165) is 43.6 Å². The van der Waals surface area contributed by atoms with E-state index in [4.69, 9.17) is 22.3 Å². The minimum Gasteiger partial charge on any atom is -0.367 e. The van der Waals surface area contributed by atoms with Crippen molar-refractivity contribution >= 4 is 35.5 Å². The van der Waals surface area contributed by atoms with Crippen LogP contribution in [0.3, 0.4) is 0 Å². The van der Waals surface area contributed by atoms with Crippen molar-refractivity contribution in [2.75, 3.05) is 5.32 Å². The summed E-state index contributed by atoms with van der Waals surface area (Å²) >= 11 is 6.45. The van der Waals surface area contributed by atoms with Crippen LogP contribution < -0.4 is 11.1 Å². The summed E-state index contributed by atoms with van der Waals surface area (Å²) in [7, 11) is 0. The normalized spacial score (nSPS) is 26.7. The standard InChI is InChI=1S/C20H28ClN5.ClH/c21-16-12-23-26-18(24-14-6-4-13(22)5-7-14)15-8-11-20(9-2-1-3-10-20)17(15)25-19(16)26;/h12-14,24H,1-11,22H2;1H. The summed E-state index contributed by atoms with van der Waals surface area (Å²) in [6.45, 7) is 0. The van der Waals surface area contributed by atoms with Gasteiger partial charge in [-0.25, -0.2) is 4.98 Å². The van der Waals surface area contributed by atoms with Gasteiger partial charge in [-0.2, -0.15) is 9.61 Å². The maximum atomic E-state index is 6.45. The summed E-state index contributed by atoms with van der Waals surface area (Å²) < 4.78 is 1.94. The molecule has 0 amide bonds. The number of aromatic nitrogens is 3. The van der Waals surface area contributed by atoms with Gasteiger partial charge in [0, 0.05) is 23.1 Å². The van der Waals surface area contributed by atoms with E-state index in [-0.39, 0.29) is 17.8 Å². The third-order valence-electron chi connectivity index (χ3n) is 6.98. The van der Waals surface area contributed by atoms with E-state index in [1.54, 1.807) is 6.20 Å². The van der Waals surface area contributed by atoms with Gasteiger partial charge in [-0.05, 0) is 51.4 Å². The van der Waals surface area contributed by atoms with E-state index < -0.39 is 0 Å². The Kier molecular flexibility index (Phi) is 5.30. The lowest BCUT2D eigenvalue weighted by atomic mass is 9.72. The Labute approximate surface area is 171 Å². The smallest absolute Gasteiger partial charge is 0.176 e. The molecule has 1 spiro atoms. The highest BCUT2D eigenvalue weighted by molar-refractivity contribution is 6.33. The molecule has 3 aliphatic carbocycles. The van der Waals surface area contributed by atoms with Gasteiger partial charge in [0.25, 0.3) is 0 Å². The van der Waals surface area contributed by atoms with Crippen molar-refractivity contribution in [3.8, 4) is 0 Å². The number of rotatable bonds is 2. The number of hydrogen-bond acceptors (Lipinski definition) is 4. The van der Waals surface area contributed by atoms with Crippen molar-refractivity contribution in [2.45, 2.75) is 88.1 Å². The molecule has 2 saturated carbocycles. The largest absolute Gasteiger partial charge is 0.367 e. The second kappa shape index (κ2) is 7.41. The molecule has 0 aromatic carbocycles. The Morgan fingerprint density at radius 3 is 2.59 bits per heavy atom. The summed E-state index contributed by atoms with van der Waals surface area (Å²) in [6, 6.07) is 0.830. The quantitative estimate of drug-likeness (QED) is 0.757. The minimum atomic E-state index is 0. The van der Waals surface area contributed by atoms with E-state index in [1.165, 1.54) is 49.8 Å². The predicted octanol–water partition coefficient (Wildman–Crippen LogP) is 4.63. The zero-order chi connectivity index (χ0) is 17.7. The molecule has 7 heteroatoms. The summed E-state index contributed by atoms with van der Waals surface area (Å²) in [5.41, 5.74) is 9.87. The molecule has 27 heavy (non-hydrogen) atoms. The van der Waals surface area contributed by atoms with Crippen molar-refractivity contribution in [2.24, 2.45) is 5.73 Å². The van der Waals surface area contributed by atoms with Crippen molar-refractivity contribution in [1.82, 2.24) is 14.6 Å². The molecule has 0 unspecified atom stereocenters. The lowest BCUT2D eigenvalue weighted by Gasteiger charge is -2.34. The molecule has 148 valence electrons. The Bertz CT molecular complexity index is 819. The highest BCUT2D eigenvalue weighted by atomic mass is 35.5. The molecule has 0 aliphatic heterocycles. The Morgan fingerprint density at radius 2 is 1.85 bits per heavy atom. The van der Waals surface area contributed by atoms with Crippen LogP contribution in [-0.4, -0.2) is 26.7 Å². The monoisotopic (exact) mass is 409 g/mol. The topological polar surface area (TPSA) is 68.2 Å². The predicted molar refractivity (Wildman–Crippen MR) is 112 cm³/mol. The first kappa shape index (κ1) is 19.3. The first-order chi connectivity index (χ1) is 12.7. The van der Waals surface area contributed by atoms with Crippen molar-refractivity contribution in [3.05, 3.63) is 22.5 Å². The Hall–Kier alpha value is -1.04. The lowest BCUT2D eigenvalue weighted by molar-refractivity contribution is 0.286. The Morgan fingerprint density at radius 1 is 1.11 bits per heavy atom. The number of hydrogen-bond donors (Lipinski definition) is 2. The second-order valence-electron chi connectivity index (χ2n) is 8.61. The number of nitrogens with zero attached hydrogens (tertiary/aromatic N) is 3. The third-order valence-corrected chi connectivity index (χ3v) is 7.25. The van der Waals surface area contributed by atoms with Gasteiger partial charge in [0.2, 0.25) is 0 Å². The minimum absolute atomic E-state index is 0. The number of halogens is 2. The van der Waals surface area contributed by atoms with Crippen LogP contribution in [0, 0.1) is 0 Å². The van der Waals surface area contributed by atoms with Crippen molar-refractivity contribution in [1.29, 1.82) is 0 Å². The first-order valence-electron chi connectivity index (χ1n) is 10.2. The molecule has 2 heterocycles. The van der Waals surface area contributed by atoms with E-state index in [9.17, 15) is 0 Å². The fourth-order valence-electron chi connectivity index (χ4n) is 5.48. The van der Waals surface area contributed by atoms with Crippen LogP contribution in [0.15, 0.2) is 6.20 Å². The number of fused-ring (bicyclic) bond motifs is 3. The van der Waals surface area contributed by atoms with Gasteiger partial charge in [-0.3, -0.25) is 0 Å². The maximum Gasteiger partial charge on any atom is 0.176 e. The van der Waals surface area contributed by atoms with Gasteiger partial charge >= 0.3 is 0 Å². The van der Waals surface area contributed by atoms with E-state index in [1.807, 2.05) is 4.52 Å². The molecule has 0 radical (unpaired) electrons. The van der Waals surface area contributed by atoms with Gasteiger partial charge in [0.05, 0.1) is 11.9 Å². The number of nitrogens with one attached hydrogen (secondary N) is 1. The van der Waals surface area contributed by atoms with Gasteiger partial charge in [-0.15, -0.1) is 12.4 Å². The van der Waals surface area contributed by atoms with Crippen LogP contribution in [0.5, 0.6) is 0 Å². The van der Waals surface area contributed by atoms with Gasteiger partial charge in [-0.1, -0.05) is 30.9 Å². The van der Waals surface area contributed by atoms with Crippen LogP contribution in [-0.2, 0) is 11.8 Å². The van der Waals surface area contributed by atoms with Gasteiger partial charge < -0.3 is 11.1 Å². The van der Waals surface area contributed by atoms with Crippen LogP contribution >= 0.6 is 24.0 Å². The molecule has 5 nitrogen and oxygen atoms in total. The molecule has 0 bridgehead atoms.